The number of hydrogen-bond acceptors (Lipinski definition) is 4. The second-order valence-electron chi connectivity index (χ2n) is 5.27. The van der Waals surface area contributed by atoms with Gasteiger partial charge in [-0.25, -0.2) is 0 Å². The number of ether oxygens (including phenoxy) is 1. The van der Waals surface area contributed by atoms with Crippen LogP contribution < -0.4 is 15.4 Å². The van der Waals surface area contributed by atoms with Crippen LogP contribution in [0, 0.1) is 0 Å². The number of amides is 1. The second-order valence-corrected chi connectivity index (χ2v) is 5.68. The fraction of sp³-hybridized carbons (Fsp3) is 0.375. The molecule has 0 saturated heterocycles. The summed E-state index contributed by atoms with van der Waals surface area (Å²) in [6.07, 6.45) is 3.28. The summed E-state index contributed by atoms with van der Waals surface area (Å²) in [6.45, 7) is 2.25. The van der Waals surface area contributed by atoms with E-state index in [4.69, 9.17) is 16.3 Å². The van der Waals surface area contributed by atoms with Gasteiger partial charge < -0.3 is 15.4 Å². The first-order valence-electron chi connectivity index (χ1n) is 7.36. The Kier molecular flexibility index (Phi) is 6.01. The maximum atomic E-state index is 12.3. The summed E-state index contributed by atoms with van der Waals surface area (Å²) in [5.74, 6) is 0.475. The van der Waals surface area contributed by atoms with E-state index in [1.54, 1.807) is 30.1 Å². The third-order valence-electron chi connectivity index (χ3n) is 3.34. The third-order valence-corrected chi connectivity index (χ3v) is 3.65. The van der Waals surface area contributed by atoms with Crippen molar-refractivity contribution in [2.24, 2.45) is 7.05 Å². The molecular weight excluding hydrogens is 316 g/mol. The van der Waals surface area contributed by atoms with E-state index >= 15 is 0 Å². The van der Waals surface area contributed by atoms with Crippen LogP contribution in [0.2, 0.25) is 5.02 Å². The number of likely N-dealkylation sites (N-methyl/N-ethyl adjacent to an activating group) is 1. The van der Waals surface area contributed by atoms with Crippen LogP contribution in [0.25, 0.3) is 0 Å². The highest BCUT2D eigenvalue weighted by Gasteiger charge is 2.20. The maximum Gasteiger partial charge on any atom is 0.241 e. The Morgan fingerprint density at radius 2 is 2.17 bits per heavy atom. The van der Waals surface area contributed by atoms with E-state index in [0.29, 0.717) is 17.3 Å². The SMILES string of the molecule is CNC(C(=O)NCC(C)Oc1ccccc1Cl)c1cnn(C)c1. The predicted octanol–water partition coefficient (Wildman–Crippen LogP) is 1.92. The smallest absolute Gasteiger partial charge is 0.241 e. The number of rotatable bonds is 7. The van der Waals surface area contributed by atoms with Gasteiger partial charge in [0.1, 0.15) is 17.9 Å². The average Bonchev–Trinajstić information content (AvgIpc) is 2.94. The van der Waals surface area contributed by atoms with Crippen molar-refractivity contribution < 1.29 is 9.53 Å². The second kappa shape index (κ2) is 7.99. The largest absolute Gasteiger partial charge is 0.487 e. The van der Waals surface area contributed by atoms with Gasteiger partial charge in [-0.1, -0.05) is 23.7 Å². The number of para-hydroxylation sites is 1. The van der Waals surface area contributed by atoms with Crippen LogP contribution in [0.15, 0.2) is 36.7 Å². The van der Waals surface area contributed by atoms with Gasteiger partial charge in [0.05, 0.1) is 17.8 Å². The minimum atomic E-state index is -0.448. The monoisotopic (exact) mass is 336 g/mol. The highest BCUT2D eigenvalue weighted by atomic mass is 35.5. The minimum absolute atomic E-state index is 0.130. The highest BCUT2D eigenvalue weighted by molar-refractivity contribution is 6.32. The van der Waals surface area contributed by atoms with Crippen molar-refractivity contribution in [3.8, 4) is 5.75 Å². The van der Waals surface area contributed by atoms with E-state index in [-0.39, 0.29) is 12.0 Å². The molecule has 1 amide bonds. The molecule has 0 fully saturated rings. The van der Waals surface area contributed by atoms with Gasteiger partial charge in [0.2, 0.25) is 5.91 Å². The van der Waals surface area contributed by atoms with Gasteiger partial charge in [0.25, 0.3) is 0 Å². The molecule has 6 nitrogen and oxygen atoms in total. The van der Waals surface area contributed by atoms with Crippen molar-refractivity contribution in [1.82, 2.24) is 20.4 Å². The number of aromatic nitrogens is 2. The van der Waals surface area contributed by atoms with Crippen molar-refractivity contribution in [3.63, 3.8) is 0 Å². The maximum absolute atomic E-state index is 12.3. The Balaban J connectivity index is 1.89. The lowest BCUT2D eigenvalue weighted by Crippen LogP contribution is -2.40. The van der Waals surface area contributed by atoms with Crippen LogP contribution in [-0.2, 0) is 11.8 Å². The minimum Gasteiger partial charge on any atom is -0.487 e. The van der Waals surface area contributed by atoms with Gasteiger partial charge in [-0.3, -0.25) is 9.48 Å². The van der Waals surface area contributed by atoms with Gasteiger partial charge in [-0.2, -0.15) is 5.10 Å². The van der Waals surface area contributed by atoms with Gasteiger partial charge in [0.15, 0.2) is 0 Å². The molecule has 1 aromatic heterocycles. The molecule has 2 N–H and O–H groups in total. The lowest BCUT2D eigenvalue weighted by Gasteiger charge is -2.19. The summed E-state index contributed by atoms with van der Waals surface area (Å²) in [5, 5.41) is 10.5. The molecule has 2 unspecified atom stereocenters. The first-order valence-corrected chi connectivity index (χ1v) is 7.73. The molecule has 0 spiro atoms. The van der Waals surface area contributed by atoms with E-state index in [2.05, 4.69) is 15.7 Å². The molecule has 1 heterocycles. The number of carbonyl (C=O) groups excluding carboxylic acids is 1. The Morgan fingerprint density at radius 3 is 2.78 bits per heavy atom. The predicted molar refractivity (Wildman–Crippen MR) is 89.6 cm³/mol. The van der Waals surface area contributed by atoms with Crippen molar-refractivity contribution >= 4 is 17.5 Å². The first kappa shape index (κ1) is 17.3. The van der Waals surface area contributed by atoms with E-state index in [0.717, 1.165) is 5.56 Å². The molecule has 2 atom stereocenters. The van der Waals surface area contributed by atoms with Crippen LogP contribution >= 0.6 is 11.6 Å². The average molecular weight is 337 g/mol. The summed E-state index contributed by atoms with van der Waals surface area (Å²) in [7, 11) is 3.55. The number of carbonyl (C=O) groups is 1. The van der Waals surface area contributed by atoms with Crippen molar-refractivity contribution in [1.29, 1.82) is 0 Å². The van der Waals surface area contributed by atoms with Crippen molar-refractivity contribution in [2.75, 3.05) is 13.6 Å². The van der Waals surface area contributed by atoms with E-state index in [1.807, 2.05) is 32.3 Å². The molecule has 23 heavy (non-hydrogen) atoms. The third kappa shape index (κ3) is 4.71. The van der Waals surface area contributed by atoms with Crippen LogP contribution in [0.1, 0.15) is 18.5 Å². The summed E-state index contributed by atoms with van der Waals surface area (Å²) in [5.41, 5.74) is 0.812. The number of aryl methyl sites for hydroxylation is 1. The highest BCUT2D eigenvalue weighted by Crippen LogP contribution is 2.24. The summed E-state index contributed by atoms with van der Waals surface area (Å²) >= 11 is 6.05. The summed E-state index contributed by atoms with van der Waals surface area (Å²) in [4.78, 5) is 12.3. The van der Waals surface area contributed by atoms with Crippen LogP contribution in [-0.4, -0.2) is 35.4 Å². The van der Waals surface area contributed by atoms with Gasteiger partial charge in [-0.05, 0) is 26.1 Å². The quantitative estimate of drug-likeness (QED) is 0.810. The number of hydrogen-bond donors (Lipinski definition) is 2. The zero-order valence-electron chi connectivity index (χ0n) is 13.4. The molecule has 2 aromatic rings. The molecule has 0 aliphatic rings. The Hall–Kier alpha value is -2.05. The van der Waals surface area contributed by atoms with Gasteiger partial charge in [-0.15, -0.1) is 0 Å². The van der Waals surface area contributed by atoms with E-state index in [9.17, 15) is 4.79 Å². The van der Waals surface area contributed by atoms with Crippen LogP contribution in [0.4, 0.5) is 0 Å². The Morgan fingerprint density at radius 1 is 1.43 bits per heavy atom. The number of nitrogens with one attached hydrogen (secondary N) is 2. The summed E-state index contributed by atoms with van der Waals surface area (Å²) < 4.78 is 7.40. The number of halogens is 1. The standard InChI is InChI=1S/C16H21ClN4O2/c1-11(23-14-7-5-4-6-13(14)17)8-19-16(22)15(18-2)12-9-20-21(3)10-12/h4-7,9-11,15,18H,8H2,1-3H3,(H,19,22). The van der Waals surface area contributed by atoms with E-state index in [1.165, 1.54) is 0 Å². The molecular formula is C16H21ClN4O2. The molecule has 124 valence electrons. The fourth-order valence-corrected chi connectivity index (χ4v) is 2.36. The van der Waals surface area contributed by atoms with Gasteiger partial charge in [0, 0.05) is 18.8 Å². The first-order chi connectivity index (χ1) is 11.0. The molecule has 0 aliphatic heterocycles. The molecule has 0 aliphatic carbocycles. The Bertz CT molecular complexity index is 659. The Labute approximate surface area is 140 Å². The number of benzene rings is 1. The molecule has 7 heteroatoms. The molecule has 0 bridgehead atoms. The lowest BCUT2D eigenvalue weighted by atomic mass is 10.1. The van der Waals surface area contributed by atoms with Crippen LogP contribution in [0.5, 0.6) is 5.75 Å². The van der Waals surface area contributed by atoms with Crippen molar-refractivity contribution in [2.45, 2.75) is 19.1 Å². The topological polar surface area (TPSA) is 68.2 Å². The molecule has 1 aromatic carbocycles. The van der Waals surface area contributed by atoms with Crippen LogP contribution in [0.3, 0.4) is 0 Å². The fourth-order valence-electron chi connectivity index (χ4n) is 2.18. The lowest BCUT2D eigenvalue weighted by molar-refractivity contribution is -0.123. The van der Waals surface area contributed by atoms with Crippen molar-refractivity contribution in [3.05, 3.63) is 47.2 Å². The van der Waals surface area contributed by atoms with Gasteiger partial charge >= 0.3 is 0 Å². The molecule has 0 radical (unpaired) electrons. The normalized spacial score (nSPS) is 13.4. The molecule has 0 saturated carbocycles. The van der Waals surface area contributed by atoms with E-state index < -0.39 is 6.04 Å². The zero-order chi connectivity index (χ0) is 16.8. The zero-order valence-corrected chi connectivity index (χ0v) is 14.2. The molecule has 2 rings (SSSR count). The summed E-state index contributed by atoms with van der Waals surface area (Å²) in [6, 6.07) is 6.81. The number of nitrogens with zero attached hydrogens (tertiary/aromatic N) is 2.